The van der Waals surface area contributed by atoms with E-state index in [1.165, 1.54) is 0 Å². The van der Waals surface area contributed by atoms with E-state index in [2.05, 4.69) is 13.8 Å². The van der Waals surface area contributed by atoms with Crippen LogP contribution in [0.3, 0.4) is 0 Å². The van der Waals surface area contributed by atoms with Crippen LogP contribution in [0, 0.1) is 0 Å². The summed E-state index contributed by atoms with van der Waals surface area (Å²) in [5, 5.41) is 9.67. The van der Waals surface area contributed by atoms with Crippen molar-refractivity contribution in [1.29, 1.82) is 0 Å². The highest BCUT2D eigenvalue weighted by atomic mass is 16.5. The van der Waals surface area contributed by atoms with Gasteiger partial charge in [0.25, 0.3) is 0 Å². The van der Waals surface area contributed by atoms with Gasteiger partial charge in [0.05, 0.1) is 32.2 Å². The number of aliphatic hydroxyl groups excluding tert-OH is 1. The number of carbonyl (C=O) groups is 2. The van der Waals surface area contributed by atoms with Crippen molar-refractivity contribution in [2.75, 3.05) is 13.2 Å². The van der Waals surface area contributed by atoms with E-state index in [1.807, 2.05) is 0 Å². The average Bonchev–Trinajstić information content (AvgIpc) is 2.46. The lowest BCUT2D eigenvalue weighted by Crippen LogP contribution is -2.21. The van der Waals surface area contributed by atoms with E-state index >= 15 is 0 Å². The lowest BCUT2D eigenvalue weighted by molar-refractivity contribution is -0.149. The van der Waals surface area contributed by atoms with Crippen LogP contribution in [0.2, 0.25) is 0 Å². The summed E-state index contributed by atoms with van der Waals surface area (Å²) in [7, 11) is 0. The van der Waals surface area contributed by atoms with Gasteiger partial charge in [-0.15, -0.1) is 0 Å². The summed E-state index contributed by atoms with van der Waals surface area (Å²) in [4.78, 5) is 22.9. The molecule has 0 heterocycles. The second-order valence-electron chi connectivity index (χ2n) is 5.62. The topological polar surface area (TPSA) is 72.8 Å². The van der Waals surface area contributed by atoms with Crippen molar-refractivity contribution in [3.05, 3.63) is 0 Å². The molecule has 0 spiro atoms. The number of aliphatic hydroxyl groups is 1. The minimum absolute atomic E-state index is 0.154. The van der Waals surface area contributed by atoms with Gasteiger partial charge in [-0.25, -0.2) is 0 Å². The first kappa shape index (κ1) is 20.9. The van der Waals surface area contributed by atoms with E-state index in [0.717, 1.165) is 51.4 Å². The van der Waals surface area contributed by atoms with Crippen LogP contribution in [0.15, 0.2) is 0 Å². The molecule has 0 aliphatic rings. The second-order valence-corrected chi connectivity index (χ2v) is 5.62. The Morgan fingerprint density at radius 1 is 0.773 bits per heavy atom. The first-order chi connectivity index (χ1) is 10.6. The molecule has 5 nitrogen and oxygen atoms in total. The van der Waals surface area contributed by atoms with Gasteiger partial charge >= 0.3 is 11.9 Å². The third kappa shape index (κ3) is 13.9. The second kappa shape index (κ2) is 14.8. The Morgan fingerprint density at radius 3 is 1.55 bits per heavy atom. The highest BCUT2D eigenvalue weighted by Gasteiger charge is 2.16. The van der Waals surface area contributed by atoms with Crippen molar-refractivity contribution in [1.82, 2.24) is 0 Å². The molecule has 5 heteroatoms. The molecule has 0 radical (unpaired) electrons. The maximum absolute atomic E-state index is 11.5. The molecule has 0 bridgehead atoms. The van der Waals surface area contributed by atoms with Gasteiger partial charge in [-0.1, -0.05) is 52.4 Å². The summed E-state index contributed by atoms with van der Waals surface area (Å²) in [6, 6.07) is 0. The molecule has 22 heavy (non-hydrogen) atoms. The number of unbranched alkanes of at least 4 members (excludes halogenated alkanes) is 6. The maximum atomic E-state index is 11.5. The van der Waals surface area contributed by atoms with Gasteiger partial charge in [-0.05, 0) is 12.8 Å². The lowest BCUT2D eigenvalue weighted by Gasteiger charge is -2.10. The zero-order valence-electron chi connectivity index (χ0n) is 14.1. The van der Waals surface area contributed by atoms with E-state index in [9.17, 15) is 14.7 Å². The van der Waals surface area contributed by atoms with Crippen molar-refractivity contribution >= 4 is 11.9 Å². The molecular weight excluding hydrogens is 284 g/mol. The Labute approximate surface area is 134 Å². The fraction of sp³-hybridized carbons (Fsp3) is 0.882. The molecule has 0 unspecified atom stereocenters. The average molecular weight is 316 g/mol. The SMILES string of the molecule is CCCCCCOC(=O)CC(O)CC(=O)OCCCCCC. The summed E-state index contributed by atoms with van der Waals surface area (Å²) in [5.41, 5.74) is 0. The van der Waals surface area contributed by atoms with Crippen molar-refractivity contribution in [3.8, 4) is 0 Å². The molecule has 130 valence electrons. The molecule has 1 N–H and O–H groups in total. The third-order valence-electron chi connectivity index (χ3n) is 3.33. The largest absolute Gasteiger partial charge is 0.466 e. The van der Waals surface area contributed by atoms with E-state index in [1.54, 1.807) is 0 Å². The molecule has 0 fully saturated rings. The molecule has 0 aliphatic carbocycles. The fourth-order valence-electron chi connectivity index (χ4n) is 2.00. The summed E-state index contributed by atoms with van der Waals surface area (Å²) < 4.78 is 10.0. The summed E-state index contributed by atoms with van der Waals surface area (Å²) in [6.07, 6.45) is 6.95. The monoisotopic (exact) mass is 316 g/mol. The first-order valence-corrected chi connectivity index (χ1v) is 8.59. The number of carbonyl (C=O) groups excluding carboxylic acids is 2. The molecule has 0 aromatic heterocycles. The summed E-state index contributed by atoms with van der Waals surface area (Å²) >= 11 is 0. The molecule has 0 aliphatic heterocycles. The minimum atomic E-state index is -1.02. The van der Waals surface area contributed by atoms with E-state index in [-0.39, 0.29) is 12.8 Å². The van der Waals surface area contributed by atoms with E-state index in [0.29, 0.717) is 13.2 Å². The van der Waals surface area contributed by atoms with Crippen LogP contribution in [0.1, 0.15) is 78.1 Å². The molecule has 0 rings (SSSR count). The number of hydrogen-bond acceptors (Lipinski definition) is 5. The summed E-state index contributed by atoms with van der Waals surface area (Å²) in [6.45, 7) is 5.00. The molecule has 0 atom stereocenters. The normalized spacial score (nSPS) is 10.7. The Kier molecular flexibility index (Phi) is 14.1. The Morgan fingerprint density at radius 2 is 1.18 bits per heavy atom. The van der Waals surface area contributed by atoms with Crippen molar-refractivity contribution < 1.29 is 24.2 Å². The van der Waals surface area contributed by atoms with Crippen LogP contribution in [-0.2, 0) is 19.1 Å². The lowest BCUT2D eigenvalue weighted by atomic mass is 10.2. The smallest absolute Gasteiger partial charge is 0.308 e. The Hall–Kier alpha value is -1.10. The van der Waals surface area contributed by atoms with E-state index < -0.39 is 18.0 Å². The third-order valence-corrected chi connectivity index (χ3v) is 3.33. The van der Waals surface area contributed by atoms with Crippen LogP contribution in [0.25, 0.3) is 0 Å². The quantitative estimate of drug-likeness (QED) is 0.393. The van der Waals surface area contributed by atoms with Crippen LogP contribution in [0.5, 0.6) is 0 Å². The first-order valence-electron chi connectivity index (χ1n) is 8.59. The number of ether oxygens (including phenoxy) is 2. The van der Waals surface area contributed by atoms with Crippen molar-refractivity contribution in [2.24, 2.45) is 0 Å². The van der Waals surface area contributed by atoms with Crippen molar-refractivity contribution in [2.45, 2.75) is 84.2 Å². The van der Waals surface area contributed by atoms with Gasteiger partial charge in [-0.3, -0.25) is 9.59 Å². The van der Waals surface area contributed by atoms with Gasteiger partial charge in [0.2, 0.25) is 0 Å². The van der Waals surface area contributed by atoms with Gasteiger partial charge in [-0.2, -0.15) is 0 Å². The van der Waals surface area contributed by atoms with Crippen LogP contribution >= 0.6 is 0 Å². The van der Waals surface area contributed by atoms with Crippen LogP contribution in [-0.4, -0.2) is 36.4 Å². The van der Waals surface area contributed by atoms with Gasteiger partial charge < -0.3 is 14.6 Å². The minimum Gasteiger partial charge on any atom is -0.466 e. The molecule has 0 amide bonds. The van der Waals surface area contributed by atoms with Gasteiger partial charge in [0.15, 0.2) is 0 Å². The molecule has 0 saturated carbocycles. The van der Waals surface area contributed by atoms with Crippen LogP contribution in [0.4, 0.5) is 0 Å². The number of hydrogen-bond donors (Lipinski definition) is 1. The number of esters is 2. The molecular formula is C17H32O5. The fourth-order valence-corrected chi connectivity index (χ4v) is 2.00. The Bertz CT molecular complexity index is 263. The zero-order valence-corrected chi connectivity index (χ0v) is 14.1. The van der Waals surface area contributed by atoms with E-state index in [4.69, 9.17) is 9.47 Å². The highest BCUT2D eigenvalue weighted by molar-refractivity contribution is 5.73. The predicted octanol–water partition coefficient (Wildman–Crippen LogP) is 3.37. The van der Waals surface area contributed by atoms with Gasteiger partial charge in [0, 0.05) is 0 Å². The predicted molar refractivity (Wildman–Crippen MR) is 85.4 cm³/mol. The summed E-state index contributed by atoms with van der Waals surface area (Å²) in [5.74, 6) is -0.917. The zero-order chi connectivity index (χ0) is 16.6. The maximum Gasteiger partial charge on any atom is 0.308 e. The molecule has 0 aromatic carbocycles. The number of rotatable bonds is 14. The molecule has 0 aromatic rings. The molecule has 0 saturated heterocycles. The van der Waals surface area contributed by atoms with Crippen LogP contribution < -0.4 is 0 Å². The highest BCUT2D eigenvalue weighted by Crippen LogP contribution is 2.05. The van der Waals surface area contributed by atoms with Gasteiger partial charge in [0.1, 0.15) is 0 Å². The standard InChI is InChI=1S/C17H32O5/c1-3-5-7-9-11-21-16(19)13-15(18)14-17(20)22-12-10-8-6-4-2/h15,18H,3-14H2,1-2H3. The Balaban J connectivity index is 3.58. The van der Waals surface area contributed by atoms with Crippen molar-refractivity contribution in [3.63, 3.8) is 0 Å².